The zero-order valence-corrected chi connectivity index (χ0v) is 16.7. The molecule has 146 valence electrons. The first-order chi connectivity index (χ1) is 13.6. The number of ether oxygens (including phenoxy) is 1. The molecule has 0 unspecified atom stereocenters. The molecule has 0 saturated carbocycles. The summed E-state index contributed by atoms with van der Waals surface area (Å²) in [4.78, 5) is 31.2. The van der Waals surface area contributed by atoms with Crippen LogP contribution in [-0.4, -0.2) is 47.8 Å². The van der Waals surface area contributed by atoms with E-state index in [0.717, 1.165) is 17.0 Å². The van der Waals surface area contributed by atoms with Gasteiger partial charge in [-0.2, -0.15) is 0 Å². The summed E-state index contributed by atoms with van der Waals surface area (Å²) in [5, 5.41) is 2.72. The molecule has 0 bridgehead atoms. The molecule has 1 N–H and O–H groups in total. The number of hydrogen-bond donors (Lipinski definition) is 1. The van der Waals surface area contributed by atoms with Crippen molar-refractivity contribution in [2.75, 3.05) is 20.7 Å². The molecule has 6 nitrogen and oxygen atoms in total. The standard InChI is InChI=1S/C21H23N3O3S/c1-22-20(26)18-14-19(25)24(13-12-15-8-10-17(27-2)11-9-15)21(28-18)23-16-6-4-3-5-7-16/h3-11,18H,12-14H2,1-2H3,(H,22,26)/t18-/m1/s1. The van der Waals surface area contributed by atoms with Crippen LogP contribution in [0.2, 0.25) is 0 Å². The number of amides is 2. The minimum atomic E-state index is -0.461. The molecule has 1 saturated heterocycles. The summed E-state index contributed by atoms with van der Waals surface area (Å²) >= 11 is 1.34. The van der Waals surface area contributed by atoms with E-state index < -0.39 is 5.25 Å². The molecule has 1 aliphatic rings. The molecule has 1 heterocycles. The van der Waals surface area contributed by atoms with Crippen LogP contribution in [0, 0.1) is 0 Å². The lowest BCUT2D eigenvalue weighted by atomic mass is 10.1. The van der Waals surface area contributed by atoms with Crippen LogP contribution in [0.25, 0.3) is 0 Å². The van der Waals surface area contributed by atoms with Gasteiger partial charge in [-0.15, -0.1) is 0 Å². The number of nitrogens with one attached hydrogen (secondary N) is 1. The molecule has 7 heteroatoms. The van der Waals surface area contributed by atoms with Gasteiger partial charge in [0.05, 0.1) is 18.0 Å². The quantitative estimate of drug-likeness (QED) is 0.813. The molecule has 2 aromatic rings. The smallest absolute Gasteiger partial charge is 0.233 e. The van der Waals surface area contributed by atoms with Gasteiger partial charge < -0.3 is 10.1 Å². The molecular formula is C21H23N3O3S. The van der Waals surface area contributed by atoms with Crippen molar-refractivity contribution in [1.82, 2.24) is 10.2 Å². The van der Waals surface area contributed by atoms with Crippen molar-refractivity contribution >= 4 is 34.4 Å². The second kappa shape index (κ2) is 9.41. The molecule has 3 rings (SSSR count). The highest BCUT2D eigenvalue weighted by Crippen LogP contribution is 2.29. The number of rotatable bonds is 6. The van der Waals surface area contributed by atoms with Crippen LogP contribution in [0.5, 0.6) is 5.75 Å². The zero-order valence-electron chi connectivity index (χ0n) is 15.9. The molecule has 0 aliphatic carbocycles. The summed E-state index contributed by atoms with van der Waals surface area (Å²) in [5.74, 6) is 0.553. The number of nitrogens with zero attached hydrogens (tertiary/aromatic N) is 2. The van der Waals surface area contributed by atoms with Crippen molar-refractivity contribution in [1.29, 1.82) is 0 Å². The Hall–Kier alpha value is -2.80. The highest BCUT2D eigenvalue weighted by molar-refractivity contribution is 8.15. The van der Waals surface area contributed by atoms with Gasteiger partial charge in [0, 0.05) is 20.0 Å². The number of carbonyl (C=O) groups is 2. The van der Waals surface area contributed by atoms with Crippen molar-refractivity contribution in [2.24, 2.45) is 4.99 Å². The number of methoxy groups -OCH3 is 1. The van der Waals surface area contributed by atoms with E-state index in [1.54, 1.807) is 19.1 Å². The van der Waals surface area contributed by atoms with E-state index in [2.05, 4.69) is 10.3 Å². The number of aliphatic imine (C=N–C) groups is 1. The fourth-order valence-corrected chi connectivity index (χ4v) is 4.05. The highest BCUT2D eigenvalue weighted by atomic mass is 32.2. The van der Waals surface area contributed by atoms with Crippen molar-refractivity contribution in [3.63, 3.8) is 0 Å². The second-order valence-electron chi connectivity index (χ2n) is 6.30. The minimum Gasteiger partial charge on any atom is -0.497 e. The molecular weight excluding hydrogens is 374 g/mol. The van der Waals surface area contributed by atoms with Crippen molar-refractivity contribution < 1.29 is 14.3 Å². The minimum absolute atomic E-state index is 0.0875. The van der Waals surface area contributed by atoms with Crippen LogP contribution < -0.4 is 10.1 Å². The maximum absolute atomic E-state index is 12.8. The Morgan fingerprint density at radius 3 is 2.57 bits per heavy atom. The Kier molecular flexibility index (Phi) is 6.71. The number of benzene rings is 2. The van der Waals surface area contributed by atoms with Gasteiger partial charge in [-0.05, 0) is 36.2 Å². The summed E-state index contributed by atoms with van der Waals surface area (Å²) < 4.78 is 5.18. The van der Waals surface area contributed by atoms with Crippen molar-refractivity contribution in [2.45, 2.75) is 18.1 Å². The van der Waals surface area contributed by atoms with Gasteiger partial charge in [0.15, 0.2) is 5.17 Å². The summed E-state index contributed by atoms with van der Waals surface area (Å²) in [5.41, 5.74) is 1.86. The molecule has 0 radical (unpaired) electrons. The Bertz CT molecular complexity index is 853. The molecule has 28 heavy (non-hydrogen) atoms. The Labute approximate surface area is 169 Å². The predicted molar refractivity (Wildman–Crippen MR) is 112 cm³/mol. The Morgan fingerprint density at radius 2 is 1.93 bits per heavy atom. The lowest BCUT2D eigenvalue weighted by Gasteiger charge is -2.31. The Morgan fingerprint density at radius 1 is 1.21 bits per heavy atom. The number of carbonyl (C=O) groups excluding carboxylic acids is 2. The average molecular weight is 398 g/mol. The maximum atomic E-state index is 12.8. The molecule has 1 atom stereocenters. The van der Waals surface area contributed by atoms with E-state index in [9.17, 15) is 9.59 Å². The molecule has 2 aromatic carbocycles. The molecule has 0 spiro atoms. The fraction of sp³-hybridized carbons (Fsp3) is 0.286. The lowest BCUT2D eigenvalue weighted by Crippen LogP contribution is -2.46. The van der Waals surface area contributed by atoms with E-state index in [1.165, 1.54) is 11.8 Å². The van der Waals surface area contributed by atoms with Crippen molar-refractivity contribution in [3.8, 4) is 5.75 Å². The number of para-hydroxylation sites is 1. The van der Waals surface area contributed by atoms with Gasteiger partial charge in [0.2, 0.25) is 11.8 Å². The third kappa shape index (κ3) is 4.92. The molecule has 0 aromatic heterocycles. The van der Waals surface area contributed by atoms with Gasteiger partial charge in [0.25, 0.3) is 0 Å². The summed E-state index contributed by atoms with van der Waals surface area (Å²) in [7, 11) is 3.21. The van der Waals surface area contributed by atoms with Gasteiger partial charge in [0.1, 0.15) is 5.75 Å². The fourth-order valence-electron chi connectivity index (χ4n) is 2.87. The summed E-state index contributed by atoms with van der Waals surface area (Å²) in [6.07, 6.45) is 0.857. The predicted octanol–water partition coefficient (Wildman–Crippen LogP) is 3.01. The van der Waals surface area contributed by atoms with Crippen molar-refractivity contribution in [3.05, 3.63) is 60.2 Å². The molecule has 2 amide bonds. The van der Waals surface area contributed by atoms with Crippen LogP contribution in [0.1, 0.15) is 12.0 Å². The SMILES string of the molecule is CNC(=O)[C@H]1CC(=O)N(CCc2ccc(OC)cc2)C(=Nc2ccccc2)S1. The number of hydrogen-bond acceptors (Lipinski definition) is 5. The first-order valence-electron chi connectivity index (χ1n) is 9.06. The second-order valence-corrected chi connectivity index (χ2v) is 7.47. The van der Waals surface area contributed by atoms with Gasteiger partial charge in [-0.1, -0.05) is 42.1 Å². The average Bonchev–Trinajstić information content (AvgIpc) is 2.73. The van der Waals surface area contributed by atoms with Gasteiger partial charge in [-0.3, -0.25) is 14.5 Å². The Balaban J connectivity index is 1.80. The first kappa shape index (κ1) is 19.9. The zero-order chi connectivity index (χ0) is 19.9. The van der Waals surface area contributed by atoms with Crippen LogP contribution in [0.4, 0.5) is 5.69 Å². The first-order valence-corrected chi connectivity index (χ1v) is 9.94. The molecule has 1 fully saturated rings. The van der Waals surface area contributed by atoms with Crippen LogP contribution >= 0.6 is 11.8 Å². The van der Waals surface area contributed by atoms with Crippen LogP contribution in [0.3, 0.4) is 0 Å². The summed E-state index contributed by atoms with van der Waals surface area (Å²) in [6, 6.07) is 17.2. The van der Waals surface area contributed by atoms with Crippen LogP contribution in [0.15, 0.2) is 59.6 Å². The largest absolute Gasteiger partial charge is 0.497 e. The number of amidine groups is 1. The number of thioether (sulfide) groups is 1. The summed E-state index contributed by atoms with van der Waals surface area (Å²) in [6.45, 7) is 0.504. The maximum Gasteiger partial charge on any atom is 0.233 e. The van der Waals surface area contributed by atoms with E-state index in [1.807, 2.05) is 54.6 Å². The normalized spacial score (nSPS) is 18.2. The van der Waals surface area contributed by atoms with Gasteiger partial charge >= 0.3 is 0 Å². The van der Waals surface area contributed by atoms with E-state index in [0.29, 0.717) is 18.1 Å². The third-order valence-electron chi connectivity index (χ3n) is 4.44. The topological polar surface area (TPSA) is 71.0 Å². The third-order valence-corrected chi connectivity index (χ3v) is 5.63. The van der Waals surface area contributed by atoms with E-state index in [-0.39, 0.29) is 18.2 Å². The lowest BCUT2D eigenvalue weighted by molar-refractivity contribution is -0.130. The van der Waals surface area contributed by atoms with E-state index >= 15 is 0 Å². The van der Waals surface area contributed by atoms with Gasteiger partial charge in [-0.25, -0.2) is 4.99 Å². The van der Waals surface area contributed by atoms with E-state index in [4.69, 9.17) is 4.74 Å². The highest BCUT2D eigenvalue weighted by Gasteiger charge is 2.35. The van der Waals surface area contributed by atoms with Crippen LogP contribution in [-0.2, 0) is 16.0 Å². The molecule has 1 aliphatic heterocycles. The monoisotopic (exact) mass is 397 g/mol.